The molecule has 0 atom stereocenters. The fourth-order valence-electron chi connectivity index (χ4n) is 1.55. The molecule has 2 aromatic rings. The highest BCUT2D eigenvalue weighted by molar-refractivity contribution is 6.35. The second kappa shape index (κ2) is 4.59. The fraction of sp³-hybridized carbons (Fsp3) is 0.167. The number of ether oxygens (including phenoxy) is 1. The summed E-state index contributed by atoms with van der Waals surface area (Å²) in [4.78, 5) is 25.3. The molecule has 0 saturated carbocycles. The van der Waals surface area contributed by atoms with Gasteiger partial charge in [0.15, 0.2) is 0 Å². The first-order valence-corrected chi connectivity index (χ1v) is 5.49. The van der Waals surface area contributed by atoms with E-state index in [1.165, 1.54) is 6.20 Å². The largest absolute Gasteiger partial charge is 0.462 e. The van der Waals surface area contributed by atoms with Gasteiger partial charge in [-0.1, -0.05) is 17.7 Å². The number of aromatic amines is 1. The van der Waals surface area contributed by atoms with Crippen molar-refractivity contribution in [2.24, 2.45) is 0 Å². The Morgan fingerprint density at radius 1 is 1.47 bits per heavy atom. The number of nitrogens with one attached hydrogen (secondary N) is 1. The predicted molar refractivity (Wildman–Crippen MR) is 65.5 cm³/mol. The number of H-pyrrole nitrogens is 1. The first-order valence-electron chi connectivity index (χ1n) is 5.11. The minimum atomic E-state index is -0.392. The number of esters is 1. The van der Waals surface area contributed by atoms with Crippen LogP contribution in [0, 0.1) is 0 Å². The van der Waals surface area contributed by atoms with Gasteiger partial charge in [-0.2, -0.15) is 0 Å². The van der Waals surface area contributed by atoms with E-state index < -0.39 is 5.97 Å². The maximum atomic E-state index is 11.5. The molecule has 0 aliphatic carbocycles. The van der Waals surface area contributed by atoms with Crippen LogP contribution in [0.25, 0.3) is 10.8 Å². The van der Waals surface area contributed by atoms with Crippen LogP contribution in [0.1, 0.15) is 17.3 Å². The summed E-state index contributed by atoms with van der Waals surface area (Å²) < 4.78 is 4.89. The third-order valence-corrected chi connectivity index (χ3v) is 2.73. The highest BCUT2D eigenvalue weighted by Gasteiger charge is 2.09. The first kappa shape index (κ1) is 11.7. The van der Waals surface area contributed by atoms with Crippen molar-refractivity contribution in [3.05, 3.63) is 45.3 Å². The van der Waals surface area contributed by atoms with Crippen LogP contribution in [0.2, 0.25) is 5.02 Å². The van der Waals surface area contributed by atoms with Gasteiger partial charge < -0.3 is 9.72 Å². The van der Waals surface area contributed by atoms with Crippen molar-refractivity contribution in [3.8, 4) is 0 Å². The minimum Gasteiger partial charge on any atom is -0.462 e. The second-order valence-electron chi connectivity index (χ2n) is 3.45. The van der Waals surface area contributed by atoms with Crippen LogP contribution in [0.4, 0.5) is 0 Å². The average Bonchev–Trinajstić information content (AvgIpc) is 2.34. The summed E-state index contributed by atoms with van der Waals surface area (Å²) >= 11 is 5.86. The Kier molecular flexibility index (Phi) is 3.15. The number of hydrogen-bond acceptors (Lipinski definition) is 3. The summed E-state index contributed by atoms with van der Waals surface area (Å²) in [5, 5.41) is 1.43. The molecule has 17 heavy (non-hydrogen) atoms. The van der Waals surface area contributed by atoms with E-state index in [1.807, 2.05) is 0 Å². The molecule has 0 unspecified atom stereocenters. The third-order valence-electron chi connectivity index (χ3n) is 2.36. The van der Waals surface area contributed by atoms with Crippen LogP contribution in [0.3, 0.4) is 0 Å². The topological polar surface area (TPSA) is 59.2 Å². The molecule has 0 amide bonds. The number of halogens is 1. The summed E-state index contributed by atoms with van der Waals surface area (Å²) in [6.07, 6.45) is 1.52. The maximum Gasteiger partial charge on any atom is 0.338 e. The third kappa shape index (κ3) is 2.17. The molecule has 0 aliphatic rings. The van der Waals surface area contributed by atoms with Crippen LogP contribution in [0.15, 0.2) is 29.2 Å². The molecule has 1 N–H and O–H groups in total. The summed E-state index contributed by atoms with van der Waals surface area (Å²) in [5.41, 5.74) is 0.0884. The SMILES string of the molecule is CCOC(=O)c1ccc2c(Cl)c(=O)[nH]cc2c1. The van der Waals surface area contributed by atoms with E-state index in [4.69, 9.17) is 16.3 Å². The molecule has 0 saturated heterocycles. The minimum absolute atomic E-state index is 0.123. The number of hydrogen-bond donors (Lipinski definition) is 1. The Hall–Kier alpha value is -1.81. The van der Waals surface area contributed by atoms with Crippen LogP contribution in [-0.4, -0.2) is 17.6 Å². The van der Waals surface area contributed by atoms with Crippen molar-refractivity contribution in [2.75, 3.05) is 6.61 Å². The Morgan fingerprint density at radius 3 is 2.94 bits per heavy atom. The molecular weight excluding hydrogens is 242 g/mol. The Labute approximate surface area is 102 Å². The highest BCUT2D eigenvalue weighted by Crippen LogP contribution is 2.20. The second-order valence-corrected chi connectivity index (χ2v) is 3.83. The molecule has 88 valence electrons. The molecule has 1 aromatic carbocycles. The summed E-state index contributed by atoms with van der Waals surface area (Å²) in [5.74, 6) is -0.392. The van der Waals surface area contributed by atoms with Crippen molar-refractivity contribution in [2.45, 2.75) is 6.92 Å². The molecule has 5 heteroatoms. The lowest BCUT2D eigenvalue weighted by atomic mass is 10.1. The summed E-state index contributed by atoms with van der Waals surface area (Å²) in [6, 6.07) is 4.86. The standard InChI is InChI=1S/C12H10ClNO3/c1-2-17-12(16)7-3-4-9-8(5-7)6-14-11(15)10(9)13/h3-6H,2H2,1H3,(H,14,15). The van der Waals surface area contributed by atoms with Crippen molar-refractivity contribution in [1.29, 1.82) is 0 Å². The van der Waals surface area contributed by atoms with Gasteiger partial charge in [-0.15, -0.1) is 0 Å². The molecule has 1 heterocycles. The van der Waals surface area contributed by atoms with E-state index in [0.717, 1.165) is 0 Å². The number of fused-ring (bicyclic) bond motifs is 1. The molecule has 0 bridgehead atoms. The van der Waals surface area contributed by atoms with Crippen LogP contribution in [0.5, 0.6) is 0 Å². The van der Waals surface area contributed by atoms with Gasteiger partial charge in [0.1, 0.15) is 5.02 Å². The van der Waals surface area contributed by atoms with Crippen molar-refractivity contribution >= 4 is 28.3 Å². The monoisotopic (exact) mass is 251 g/mol. The molecule has 0 aliphatic heterocycles. The lowest BCUT2D eigenvalue weighted by molar-refractivity contribution is 0.0526. The molecular formula is C12H10ClNO3. The summed E-state index contributed by atoms with van der Waals surface area (Å²) in [6.45, 7) is 2.07. The van der Waals surface area contributed by atoms with E-state index in [0.29, 0.717) is 22.9 Å². The quantitative estimate of drug-likeness (QED) is 0.834. The van der Waals surface area contributed by atoms with Crippen molar-refractivity contribution in [3.63, 3.8) is 0 Å². The number of carbonyl (C=O) groups is 1. The van der Waals surface area contributed by atoms with E-state index in [1.54, 1.807) is 25.1 Å². The van der Waals surface area contributed by atoms with Crippen LogP contribution in [-0.2, 0) is 4.74 Å². The average molecular weight is 252 g/mol. The van der Waals surface area contributed by atoms with Gasteiger partial charge in [0, 0.05) is 17.0 Å². The van der Waals surface area contributed by atoms with Crippen molar-refractivity contribution < 1.29 is 9.53 Å². The van der Waals surface area contributed by atoms with Gasteiger partial charge in [0.2, 0.25) is 0 Å². The molecule has 0 spiro atoms. The number of aromatic nitrogens is 1. The number of pyridine rings is 1. The maximum absolute atomic E-state index is 11.5. The lowest BCUT2D eigenvalue weighted by Gasteiger charge is -2.04. The van der Waals surface area contributed by atoms with E-state index in [-0.39, 0.29) is 10.6 Å². The Morgan fingerprint density at radius 2 is 2.24 bits per heavy atom. The van der Waals surface area contributed by atoms with E-state index in [9.17, 15) is 9.59 Å². The highest BCUT2D eigenvalue weighted by atomic mass is 35.5. The van der Waals surface area contributed by atoms with Gasteiger partial charge in [-0.25, -0.2) is 4.79 Å². The van der Waals surface area contributed by atoms with Gasteiger partial charge in [-0.3, -0.25) is 4.79 Å². The van der Waals surface area contributed by atoms with Crippen LogP contribution < -0.4 is 5.56 Å². The summed E-state index contributed by atoms with van der Waals surface area (Å²) in [7, 11) is 0. The van der Waals surface area contributed by atoms with Gasteiger partial charge in [0.05, 0.1) is 12.2 Å². The number of carbonyl (C=O) groups excluding carboxylic acids is 1. The van der Waals surface area contributed by atoms with E-state index in [2.05, 4.69) is 4.98 Å². The Bertz CT molecular complexity index is 633. The predicted octanol–water partition coefficient (Wildman–Crippen LogP) is 2.36. The van der Waals surface area contributed by atoms with Crippen LogP contribution >= 0.6 is 11.6 Å². The first-order chi connectivity index (χ1) is 8.13. The molecule has 1 aromatic heterocycles. The zero-order valence-electron chi connectivity index (χ0n) is 9.12. The molecule has 2 rings (SSSR count). The van der Waals surface area contributed by atoms with Gasteiger partial charge >= 0.3 is 5.97 Å². The molecule has 0 fully saturated rings. The zero-order chi connectivity index (χ0) is 12.4. The zero-order valence-corrected chi connectivity index (χ0v) is 9.88. The smallest absolute Gasteiger partial charge is 0.338 e. The van der Waals surface area contributed by atoms with Gasteiger partial charge in [-0.05, 0) is 19.1 Å². The molecule has 0 radical (unpaired) electrons. The van der Waals surface area contributed by atoms with Crippen molar-refractivity contribution in [1.82, 2.24) is 4.98 Å². The number of benzene rings is 1. The number of rotatable bonds is 2. The van der Waals surface area contributed by atoms with Gasteiger partial charge in [0.25, 0.3) is 5.56 Å². The normalized spacial score (nSPS) is 10.5. The van der Waals surface area contributed by atoms with E-state index >= 15 is 0 Å². The fourth-order valence-corrected chi connectivity index (χ4v) is 1.78. The lowest BCUT2D eigenvalue weighted by Crippen LogP contribution is -2.07. The Balaban J connectivity index is 2.56. The molecule has 4 nitrogen and oxygen atoms in total.